The minimum Gasteiger partial charge on any atom is -0.299 e. The highest BCUT2D eigenvalue weighted by molar-refractivity contribution is 7.91. The summed E-state index contributed by atoms with van der Waals surface area (Å²) in [6, 6.07) is 3.21. The number of aryl methyl sites for hydroxylation is 2. The Bertz CT molecular complexity index is 1420. The largest absolute Gasteiger partial charge is 0.299 e. The summed E-state index contributed by atoms with van der Waals surface area (Å²) in [6.07, 6.45) is -3.18. The maximum atomic E-state index is 13.5. The number of carbonyl (C=O) groups excluding carboxylic acids is 1. The zero-order valence-electron chi connectivity index (χ0n) is 20.3. The van der Waals surface area contributed by atoms with Crippen LogP contribution in [0.2, 0.25) is 0 Å². The fourth-order valence-corrected chi connectivity index (χ4v) is 8.95. The van der Waals surface area contributed by atoms with Gasteiger partial charge in [0.1, 0.15) is 17.6 Å². The van der Waals surface area contributed by atoms with Crippen LogP contribution in [0.4, 0.5) is 27.8 Å². The minimum absolute atomic E-state index is 0.00201. The number of hydrogen-bond donors (Lipinski definition) is 0. The molecule has 2 atom stereocenters. The van der Waals surface area contributed by atoms with Crippen LogP contribution in [0.3, 0.4) is 0 Å². The van der Waals surface area contributed by atoms with Gasteiger partial charge in [-0.2, -0.15) is 10.1 Å². The Morgan fingerprint density at radius 2 is 2.05 bits per heavy atom. The Morgan fingerprint density at radius 1 is 1.34 bits per heavy atom. The van der Waals surface area contributed by atoms with E-state index in [2.05, 4.69) is 21.1 Å². The van der Waals surface area contributed by atoms with Crippen LogP contribution in [0.1, 0.15) is 53.1 Å². The summed E-state index contributed by atoms with van der Waals surface area (Å²) >= 11 is 1.16. The fourth-order valence-electron chi connectivity index (χ4n) is 5.06. The third kappa shape index (κ3) is 5.48. The second-order valence-corrected chi connectivity index (χ2v) is 13.4. The van der Waals surface area contributed by atoms with Crippen LogP contribution in [-0.2, 0) is 40.9 Å². The van der Waals surface area contributed by atoms with E-state index in [1.54, 1.807) is 0 Å². The molecule has 2 heterocycles. The van der Waals surface area contributed by atoms with Crippen LogP contribution in [-0.4, -0.2) is 53.9 Å². The third-order valence-corrected chi connectivity index (χ3v) is 10.7. The smallest absolute Gasteiger partial charge is 0.282 e. The maximum Gasteiger partial charge on any atom is 0.282 e. The first-order chi connectivity index (χ1) is 17.8. The first-order valence-corrected chi connectivity index (χ1v) is 14.7. The summed E-state index contributed by atoms with van der Waals surface area (Å²) in [6.45, 7) is 0. The van der Waals surface area contributed by atoms with Crippen molar-refractivity contribution in [3.63, 3.8) is 0 Å². The quantitative estimate of drug-likeness (QED) is 0.308. The van der Waals surface area contributed by atoms with Gasteiger partial charge in [-0.1, -0.05) is 0 Å². The molecular weight excluding hydrogens is 551 g/mol. The lowest BCUT2D eigenvalue weighted by atomic mass is 9.85. The highest BCUT2D eigenvalue weighted by Gasteiger charge is 2.60. The van der Waals surface area contributed by atoms with Crippen molar-refractivity contribution in [2.45, 2.75) is 74.4 Å². The number of aliphatic imine (C=N–C) groups is 2. The Hall–Kier alpha value is -2.44. The lowest BCUT2D eigenvalue weighted by Gasteiger charge is -2.29. The van der Waals surface area contributed by atoms with E-state index < -0.39 is 58.2 Å². The second-order valence-electron chi connectivity index (χ2n) is 10.2. The van der Waals surface area contributed by atoms with Crippen LogP contribution in [0.5, 0.6) is 0 Å². The highest BCUT2D eigenvalue weighted by atomic mass is 32.2. The topological polar surface area (TPSA) is 93.8 Å². The number of ketones is 1. The van der Waals surface area contributed by atoms with Crippen molar-refractivity contribution in [1.82, 2.24) is 9.78 Å². The molecule has 0 saturated heterocycles. The molecule has 1 unspecified atom stereocenters. The van der Waals surface area contributed by atoms with E-state index in [4.69, 9.17) is 0 Å². The first kappa shape index (κ1) is 27.1. The summed E-state index contributed by atoms with van der Waals surface area (Å²) in [5.41, 5.74) is 0.0823. The summed E-state index contributed by atoms with van der Waals surface area (Å²) in [7, 11) is -2.46. The normalized spacial score (nSPS) is 25.9. The minimum atomic E-state index is -3.91. The van der Waals surface area contributed by atoms with Gasteiger partial charge < -0.3 is 0 Å². The van der Waals surface area contributed by atoms with Gasteiger partial charge in [0.05, 0.1) is 28.6 Å². The number of carbonyl (C=O) groups is 1. The number of aromatic nitrogens is 2. The number of sulfone groups is 1. The summed E-state index contributed by atoms with van der Waals surface area (Å²) < 4.78 is 94.2. The van der Waals surface area contributed by atoms with Crippen LogP contribution in [0.25, 0.3) is 0 Å². The molecule has 0 bridgehead atoms. The number of alkyl halides is 5. The number of fused-ring (bicyclic) bond motifs is 1. The van der Waals surface area contributed by atoms with Crippen molar-refractivity contribution in [3.05, 3.63) is 27.1 Å². The number of hydrogen-bond acceptors (Lipinski definition) is 7. The number of halogens is 5. The predicted octanol–water partition coefficient (Wildman–Crippen LogP) is 5.07. The molecule has 3 aliphatic carbocycles. The average Bonchev–Trinajstić information content (AvgIpc) is 3.11. The molecule has 2 saturated carbocycles. The molecule has 0 radical (unpaired) electrons. The number of nitrogens with zero attached hydrogens (tertiary/aromatic N) is 4. The molecule has 0 amide bonds. The van der Waals surface area contributed by atoms with Gasteiger partial charge in [-0.05, 0) is 43.6 Å². The van der Waals surface area contributed by atoms with Gasteiger partial charge >= 0.3 is 0 Å². The van der Waals surface area contributed by atoms with Gasteiger partial charge in [0.15, 0.2) is 15.7 Å². The lowest BCUT2D eigenvalue weighted by molar-refractivity contribution is -0.121. The molecule has 5 rings (SSSR count). The zero-order chi connectivity index (χ0) is 27.4. The van der Waals surface area contributed by atoms with E-state index in [9.17, 15) is 35.2 Å². The van der Waals surface area contributed by atoms with Crippen molar-refractivity contribution in [1.29, 1.82) is 0 Å². The van der Waals surface area contributed by atoms with Crippen LogP contribution >= 0.6 is 11.3 Å². The van der Waals surface area contributed by atoms with Crippen LogP contribution in [0, 0.1) is 11.8 Å². The molecule has 0 spiro atoms. The van der Waals surface area contributed by atoms with E-state index in [0.29, 0.717) is 18.4 Å². The van der Waals surface area contributed by atoms with Gasteiger partial charge in [0.25, 0.3) is 12.3 Å². The first-order valence-electron chi connectivity index (χ1n) is 12.2. The monoisotopic (exact) mass is 576 g/mol. The van der Waals surface area contributed by atoms with Crippen molar-refractivity contribution >= 4 is 38.8 Å². The van der Waals surface area contributed by atoms with Gasteiger partial charge in [-0.15, -0.1) is 11.3 Å². The van der Waals surface area contributed by atoms with Crippen molar-refractivity contribution in [3.8, 4) is 0 Å². The molecular formula is C24H25F5N4O3S2. The molecule has 7 nitrogen and oxygen atoms in total. The van der Waals surface area contributed by atoms with Gasteiger partial charge in [0.2, 0.25) is 0 Å². The van der Waals surface area contributed by atoms with Crippen molar-refractivity contribution in [2.75, 3.05) is 5.75 Å². The molecule has 38 heavy (non-hydrogen) atoms. The molecule has 2 aromatic rings. The molecule has 206 valence electrons. The van der Waals surface area contributed by atoms with Crippen molar-refractivity contribution in [2.24, 2.45) is 28.9 Å². The summed E-state index contributed by atoms with van der Waals surface area (Å²) in [5, 5.41) is 3.66. The van der Waals surface area contributed by atoms with E-state index in [1.807, 2.05) is 0 Å². The van der Waals surface area contributed by atoms with Gasteiger partial charge in [-0.3, -0.25) is 4.79 Å². The molecule has 3 aliphatic rings. The number of thiophene rings is 1. The molecule has 0 N–H and O–H groups in total. The number of rotatable bonds is 9. The molecule has 2 fully saturated rings. The summed E-state index contributed by atoms with van der Waals surface area (Å²) in [5.74, 6) is -5.58. The van der Waals surface area contributed by atoms with E-state index >= 15 is 0 Å². The molecule has 0 aliphatic heterocycles. The van der Waals surface area contributed by atoms with Crippen LogP contribution in [0.15, 0.2) is 20.9 Å². The van der Waals surface area contributed by atoms with E-state index in [-0.39, 0.29) is 52.9 Å². The predicted molar refractivity (Wildman–Crippen MR) is 129 cm³/mol. The SMILES string of the molecule is Cn1nc(C(F)F)cc1N=C=N[C@H]1CCc2sc(CC(=O)C3CC3(F)F)c(S(=O)(=O)CC3CC(F)C3)c2C1. The van der Waals surface area contributed by atoms with Crippen molar-refractivity contribution < 1.29 is 35.2 Å². The maximum absolute atomic E-state index is 13.5. The van der Waals surface area contributed by atoms with E-state index in [1.165, 1.54) is 11.7 Å². The van der Waals surface area contributed by atoms with Gasteiger partial charge in [-0.25, -0.2) is 40.0 Å². The lowest BCUT2D eigenvalue weighted by Crippen LogP contribution is -2.31. The molecule has 2 aromatic heterocycles. The third-order valence-electron chi connectivity index (χ3n) is 7.25. The number of Topliss-reactive ketones (excluding diaryl/α,β-unsaturated/α-hetero) is 1. The molecule has 14 heteroatoms. The fraction of sp³-hybridized carbons (Fsp3) is 0.625. The molecule has 0 aromatic carbocycles. The van der Waals surface area contributed by atoms with Crippen LogP contribution < -0.4 is 0 Å². The zero-order valence-corrected chi connectivity index (χ0v) is 22.0. The Balaban J connectivity index is 1.41. The standard InChI is InChI=1S/C24H25F5N4O3S2/c1-33-21(7-17(32-33)23(26)27)31-11-30-14-2-3-19-15(6-14)22(38(35,36)10-12-4-13(25)5-12)20(37-19)8-18(34)16-9-24(16,28)29/h7,12-14,16,23H,2-6,8-10H2,1H3/t12?,13?,14-,16?/m0/s1. The highest BCUT2D eigenvalue weighted by Crippen LogP contribution is 2.50. The van der Waals surface area contributed by atoms with E-state index in [0.717, 1.165) is 22.3 Å². The Morgan fingerprint density at radius 3 is 2.66 bits per heavy atom. The van der Waals surface area contributed by atoms with Gasteiger partial charge in [0, 0.05) is 35.7 Å². The average molecular weight is 577 g/mol. The second kappa shape index (κ2) is 9.95. The summed E-state index contributed by atoms with van der Waals surface area (Å²) in [4.78, 5) is 21.8. The Labute approximate surface area is 219 Å². The Kier molecular flexibility index (Phi) is 7.10.